The maximum absolute atomic E-state index is 10.2. The zero-order valence-corrected chi connectivity index (χ0v) is 17.3. The number of unbranched alkanes of at least 4 members (excludes halogenated alkanes) is 2. The Morgan fingerprint density at radius 2 is 2.00 bits per heavy atom. The minimum Gasteiger partial charge on any atom is -0.504 e. The van der Waals surface area contributed by atoms with Gasteiger partial charge < -0.3 is 20.7 Å². The van der Waals surface area contributed by atoms with Crippen molar-refractivity contribution in [3.05, 3.63) is 23.8 Å². The summed E-state index contributed by atoms with van der Waals surface area (Å²) in [5, 5.41) is 20.0. The van der Waals surface area contributed by atoms with Gasteiger partial charge in [-0.3, -0.25) is 0 Å². The molecule has 4 nitrogen and oxygen atoms in total. The van der Waals surface area contributed by atoms with Crippen LogP contribution in [0.3, 0.4) is 0 Å². The zero-order chi connectivity index (χ0) is 19.7. The maximum atomic E-state index is 10.2. The maximum Gasteiger partial charge on any atom is 0.160 e. The van der Waals surface area contributed by atoms with Gasteiger partial charge in [-0.05, 0) is 55.2 Å². The average molecular weight is 378 g/mol. The van der Waals surface area contributed by atoms with E-state index in [1.165, 1.54) is 32.1 Å². The predicted octanol–water partition coefficient (Wildman–Crippen LogP) is 4.80. The summed E-state index contributed by atoms with van der Waals surface area (Å²) in [4.78, 5) is 0. The van der Waals surface area contributed by atoms with Crippen LogP contribution < -0.4 is 10.5 Å². The van der Waals surface area contributed by atoms with Gasteiger partial charge in [-0.25, -0.2) is 0 Å². The molecule has 0 amide bonds. The fourth-order valence-corrected chi connectivity index (χ4v) is 3.76. The van der Waals surface area contributed by atoms with E-state index in [2.05, 4.69) is 13.8 Å². The highest BCUT2D eigenvalue weighted by molar-refractivity contribution is 5.41. The van der Waals surface area contributed by atoms with Crippen molar-refractivity contribution < 1.29 is 14.9 Å². The van der Waals surface area contributed by atoms with Crippen molar-refractivity contribution in [1.82, 2.24) is 0 Å². The molecular weight excluding hydrogens is 338 g/mol. The normalized spacial score (nSPS) is 16.9. The summed E-state index contributed by atoms with van der Waals surface area (Å²) in [7, 11) is 0. The van der Waals surface area contributed by atoms with Crippen molar-refractivity contribution in [2.75, 3.05) is 13.2 Å². The third-order valence-electron chi connectivity index (χ3n) is 5.85. The van der Waals surface area contributed by atoms with Gasteiger partial charge in [-0.2, -0.15) is 0 Å². The second-order valence-electron chi connectivity index (χ2n) is 8.92. The second-order valence-corrected chi connectivity index (χ2v) is 8.92. The molecule has 154 valence electrons. The van der Waals surface area contributed by atoms with Crippen LogP contribution >= 0.6 is 0 Å². The first kappa shape index (κ1) is 22.0. The van der Waals surface area contributed by atoms with E-state index in [1.807, 2.05) is 12.1 Å². The fraction of sp³-hybridized carbons (Fsp3) is 0.739. The molecule has 1 aromatic rings. The number of nitrogens with two attached hydrogens (primary N) is 1. The van der Waals surface area contributed by atoms with Gasteiger partial charge in [0.2, 0.25) is 0 Å². The highest BCUT2D eigenvalue weighted by Gasteiger charge is 2.30. The molecule has 4 heteroatoms. The summed E-state index contributed by atoms with van der Waals surface area (Å²) in [6.45, 7) is 5.16. The lowest BCUT2D eigenvalue weighted by Gasteiger charge is -2.35. The third kappa shape index (κ3) is 7.71. The molecule has 27 heavy (non-hydrogen) atoms. The number of hydrogen-bond acceptors (Lipinski definition) is 4. The molecule has 1 atom stereocenters. The third-order valence-corrected chi connectivity index (χ3v) is 5.85. The van der Waals surface area contributed by atoms with Crippen LogP contribution in [-0.2, 0) is 6.42 Å². The highest BCUT2D eigenvalue weighted by atomic mass is 16.5. The molecule has 1 unspecified atom stereocenters. The smallest absolute Gasteiger partial charge is 0.160 e. The van der Waals surface area contributed by atoms with Gasteiger partial charge in [0.05, 0.1) is 13.2 Å². The number of aromatic hydroxyl groups is 1. The monoisotopic (exact) mass is 377 g/mol. The molecule has 1 aromatic carbocycles. The number of aliphatic hydroxyl groups excluding tert-OH is 1. The van der Waals surface area contributed by atoms with Crippen molar-refractivity contribution in [3.8, 4) is 11.5 Å². The van der Waals surface area contributed by atoms with E-state index in [9.17, 15) is 10.2 Å². The molecule has 0 heterocycles. The molecule has 1 saturated carbocycles. The minimum atomic E-state index is -0.508. The lowest BCUT2D eigenvalue weighted by atomic mass is 9.75. The number of aliphatic hydroxyl groups is 1. The van der Waals surface area contributed by atoms with Gasteiger partial charge in [0.15, 0.2) is 11.5 Å². The molecule has 0 bridgehead atoms. The molecule has 0 spiro atoms. The first-order chi connectivity index (χ1) is 12.9. The molecule has 0 saturated heterocycles. The van der Waals surface area contributed by atoms with Crippen molar-refractivity contribution in [2.24, 2.45) is 17.6 Å². The lowest BCUT2D eigenvalue weighted by molar-refractivity contribution is 0.135. The molecule has 0 aromatic heterocycles. The average Bonchev–Trinajstić information content (AvgIpc) is 2.60. The lowest BCUT2D eigenvalue weighted by Crippen LogP contribution is -2.46. The summed E-state index contributed by atoms with van der Waals surface area (Å²) < 4.78 is 5.73. The number of phenolic OH excluding ortho intramolecular Hbond substituents is 1. The first-order valence-corrected chi connectivity index (χ1v) is 10.8. The Balaban J connectivity index is 1.74. The molecular formula is C23H39NO3. The fourth-order valence-electron chi connectivity index (χ4n) is 3.76. The number of ether oxygens (including phenoxy) is 1. The van der Waals surface area contributed by atoms with Crippen molar-refractivity contribution >= 4 is 0 Å². The van der Waals surface area contributed by atoms with Gasteiger partial charge >= 0.3 is 0 Å². The van der Waals surface area contributed by atoms with Gasteiger partial charge in [-0.15, -0.1) is 0 Å². The summed E-state index contributed by atoms with van der Waals surface area (Å²) >= 11 is 0. The van der Waals surface area contributed by atoms with Gasteiger partial charge in [0.25, 0.3) is 0 Å². The molecule has 1 aliphatic carbocycles. The molecule has 0 radical (unpaired) electrons. The Labute approximate surface area is 165 Å². The SMILES string of the molecule is CC(C)CCCCCOc1ccc(CCC(N)(CO)CC2CCC2)cc1O. The van der Waals surface area contributed by atoms with Crippen molar-refractivity contribution in [3.63, 3.8) is 0 Å². The Morgan fingerprint density at radius 1 is 1.22 bits per heavy atom. The summed E-state index contributed by atoms with van der Waals surface area (Å²) in [6, 6.07) is 5.62. The first-order valence-electron chi connectivity index (χ1n) is 10.8. The van der Waals surface area contributed by atoms with Crippen LogP contribution in [0.5, 0.6) is 11.5 Å². The predicted molar refractivity (Wildman–Crippen MR) is 111 cm³/mol. The van der Waals surface area contributed by atoms with E-state index in [-0.39, 0.29) is 12.4 Å². The van der Waals surface area contributed by atoms with Crippen LogP contribution in [0.25, 0.3) is 0 Å². The van der Waals surface area contributed by atoms with E-state index in [0.717, 1.165) is 43.6 Å². The van der Waals surface area contributed by atoms with Crippen molar-refractivity contribution in [1.29, 1.82) is 0 Å². The minimum absolute atomic E-state index is 0.0213. The Kier molecular flexibility index (Phi) is 8.91. The van der Waals surface area contributed by atoms with Crippen LogP contribution in [0.2, 0.25) is 0 Å². The highest BCUT2D eigenvalue weighted by Crippen LogP contribution is 2.35. The van der Waals surface area contributed by atoms with E-state index in [0.29, 0.717) is 18.3 Å². The summed E-state index contributed by atoms with van der Waals surface area (Å²) in [5.41, 5.74) is 6.94. The molecule has 0 aliphatic heterocycles. The van der Waals surface area contributed by atoms with Crippen LogP contribution in [0.1, 0.15) is 77.2 Å². The van der Waals surface area contributed by atoms with Crippen LogP contribution in [0, 0.1) is 11.8 Å². The van der Waals surface area contributed by atoms with E-state index in [4.69, 9.17) is 10.5 Å². The topological polar surface area (TPSA) is 75.7 Å². The van der Waals surface area contributed by atoms with Gasteiger partial charge in [0.1, 0.15) is 0 Å². The van der Waals surface area contributed by atoms with E-state index in [1.54, 1.807) is 6.07 Å². The largest absolute Gasteiger partial charge is 0.504 e. The Morgan fingerprint density at radius 3 is 2.59 bits per heavy atom. The zero-order valence-electron chi connectivity index (χ0n) is 17.3. The summed E-state index contributed by atoms with van der Waals surface area (Å²) in [6.07, 6.45) is 10.8. The number of hydrogen-bond donors (Lipinski definition) is 3. The molecule has 4 N–H and O–H groups in total. The van der Waals surface area contributed by atoms with E-state index >= 15 is 0 Å². The number of aryl methyl sites for hydroxylation is 1. The van der Waals surface area contributed by atoms with Crippen LogP contribution in [-0.4, -0.2) is 29.0 Å². The second kappa shape index (κ2) is 10.9. The quantitative estimate of drug-likeness (QED) is 0.432. The summed E-state index contributed by atoms with van der Waals surface area (Å²) in [5.74, 6) is 2.18. The van der Waals surface area contributed by atoms with Gasteiger partial charge in [-0.1, -0.05) is 58.4 Å². The van der Waals surface area contributed by atoms with Crippen LogP contribution in [0.4, 0.5) is 0 Å². The van der Waals surface area contributed by atoms with Gasteiger partial charge in [0, 0.05) is 5.54 Å². The number of phenols is 1. The molecule has 2 rings (SSSR count). The number of benzene rings is 1. The molecule has 1 aliphatic rings. The molecule has 1 fully saturated rings. The standard InChI is InChI=1S/C23H39NO3/c1-18(2)7-4-3-5-14-27-22-11-10-19(15-21(22)26)12-13-23(24,17-25)16-20-8-6-9-20/h10-11,15,18,20,25-26H,3-9,12-14,16-17,24H2,1-2H3. The van der Waals surface area contributed by atoms with E-state index < -0.39 is 5.54 Å². The Bertz CT molecular complexity index is 557. The van der Waals surface area contributed by atoms with Crippen LogP contribution in [0.15, 0.2) is 18.2 Å². The Hall–Kier alpha value is -1.26. The number of rotatable bonds is 13. The van der Waals surface area contributed by atoms with Crippen molar-refractivity contribution in [2.45, 2.75) is 83.6 Å².